The number of rotatable bonds is 5. The van der Waals surface area contributed by atoms with Gasteiger partial charge in [0.2, 0.25) is 5.91 Å². The quantitative estimate of drug-likeness (QED) is 0.680. The van der Waals surface area contributed by atoms with E-state index >= 15 is 0 Å². The number of benzene rings is 2. The van der Waals surface area contributed by atoms with Crippen LogP contribution in [0.5, 0.6) is 0 Å². The maximum absolute atomic E-state index is 13.3. The Balaban J connectivity index is 1.72. The van der Waals surface area contributed by atoms with Crippen molar-refractivity contribution in [2.24, 2.45) is 5.92 Å². The number of fused-ring (bicyclic) bond motifs is 1. The van der Waals surface area contributed by atoms with E-state index in [1.54, 1.807) is 48.2 Å². The van der Waals surface area contributed by atoms with Gasteiger partial charge in [-0.15, -0.1) is 0 Å². The Morgan fingerprint density at radius 1 is 1.06 bits per heavy atom. The molecule has 0 spiro atoms. The number of amides is 2. The average Bonchev–Trinajstić information content (AvgIpc) is 2.83. The Morgan fingerprint density at radius 3 is 2.44 bits per heavy atom. The van der Waals surface area contributed by atoms with Gasteiger partial charge in [-0.25, -0.2) is 13.2 Å². The smallest absolute Gasteiger partial charge is 0.411 e. The monoisotopic (exact) mass is 486 g/mol. The predicted octanol–water partition coefficient (Wildman–Crippen LogP) is 4.18. The molecule has 1 N–H and O–H groups in total. The SMILES string of the molecule is CCS(=O)(=O)c1cccc(-c2ccc3c(c2)N(C(=O)O)C[C@H](C)N3C(=O)CC2CCOCC2)c1. The van der Waals surface area contributed by atoms with Crippen molar-refractivity contribution >= 4 is 33.2 Å². The molecule has 1 fully saturated rings. The Kier molecular flexibility index (Phi) is 6.95. The van der Waals surface area contributed by atoms with E-state index in [1.807, 2.05) is 13.0 Å². The largest absolute Gasteiger partial charge is 0.465 e. The van der Waals surface area contributed by atoms with Gasteiger partial charge in [-0.05, 0) is 61.1 Å². The molecule has 2 heterocycles. The van der Waals surface area contributed by atoms with Gasteiger partial charge in [-0.2, -0.15) is 0 Å². The molecule has 0 unspecified atom stereocenters. The Labute approximate surface area is 200 Å². The molecule has 8 nitrogen and oxygen atoms in total. The van der Waals surface area contributed by atoms with Crippen LogP contribution >= 0.6 is 0 Å². The van der Waals surface area contributed by atoms with E-state index in [1.165, 1.54) is 4.90 Å². The van der Waals surface area contributed by atoms with E-state index < -0.39 is 15.9 Å². The lowest BCUT2D eigenvalue weighted by molar-refractivity contribution is -0.120. The first-order valence-electron chi connectivity index (χ1n) is 11.6. The van der Waals surface area contributed by atoms with E-state index in [4.69, 9.17) is 4.74 Å². The van der Waals surface area contributed by atoms with Gasteiger partial charge in [-0.3, -0.25) is 9.69 Å². The Bertz CT molecular complexity index is 1190. The van der Waals surface area contributed by atoms with Crippen LogP contribution < -0.4 is 9.80 Å². The fraction of sp³-hybridized carbons (Fsp3) is 0.440. The third-order valence-corrected chi connectivity index (χ3v) is 8.36. The Hall–Kier alpha value is -2.91. The average molecular weight is 487 g/mol. The molecular formula is C25H30N2O6S. The molecular weight excluding hydrogens is 456 g/mol. The lowest BCUT2D eigenvalue weighted by Gasteiger charge is -2.41. The molecule has 0 radical (unpaired) electrons. The number of carbonyl (C=O) groups is 2. The Morgan fingerprint density at radius 2 is 1.76 bits per heavy atom. The molecule has 0 aliphatic carbocycles. The minimum absolute atomic E-state index is 0.00445. The second-order valence-electron chi connectivity index (χ2n) is 8.90. The molecule has 4 rings (SSSR count). The summed E-state index contributed by atoms with van der Waals surface area (Å²) in [6.07, 6.45) is 0.999. The van der Waals surface area contributed by atoms with Gasteiger partial charge in [0.15, 0.2) is 9.84 Å². The second-order valence-corrected chi connectivity index (χ2v) is 11.2. The van der Waals surface area contributed by atoms with Crippen LogP contribution in [-0.2, 0) is 19.4 Å². The van der Waals surface area contributed by atoms with Gasteiger partial charge in [-0.1, -0.05) is 25.1 Å². The number of carbonyl (C=O) groups excluding carboxylic acids is 1. The van der Waals surface area contributed by atoms with Gasteiger partial charge in [0, 0.05) is 26.2 Å². The number of sulfone groups is 1. The van der Waals surface area contributed by atoms with E-state index in [2.05, 4.69) is 0 Å². The van der Waals surface area contributed by atoms with Crippen LogP contribution in [0.3, 0.4) is 0 Å². The first-order valence-corrected chi connectivity index (χ1v) is 13.2. The van der Waals surface area contributed by atoms with Crippen molar-refractivity contribution < 1.29 is 27.9 Å². The lowest BCUT2D eigenvalue weighted by atomic mass is 9.94. The topological polar surface area (TPSA) is 104 Å². The van der Waals surface area contributed by atoms with Crippen molar-refractivity contribution in [3.8, 4) is 11.1 Å². The summed E-state index contributed by atoms with van der Waals surface area (Å²) in [7, 11) is -3.38. The molecule has 2 aromatic rings. The van der Waals surface area contributed by atoms with Crippen molar-refractivity contribution in [1.29, 1.82) is 0 Å². The first kappa shape index (κ1) is 24.2. The summed E-state index contributed by atoms with van der Waals surface area (Å²) < 4.78 is 30.1. The number of hydrogen-bond acceptors (Lipinski definition) is 5. The zero-order valence-electron chi connectivity index (χ0n) is 19.4. The summed E-state index contributed by atoms with van der Waals surface area (Å²) >= 11 is 0. The number of carboxylic acid groups (broad SMARTS) is 1. The maximum Gasteiger partial charge on any atom is 0.411 e. The van der Waals surface area contributed by atoms with Crippen LogP contribution in [0.25, 0.3) is 11.1 Å². The van der Waals surface area contributed by atoms with Crippen molar-refractivity contribution in [2.45, 2.75) is 44.0 Å². The molecule has 1 atom stereocenters. The molecule has 2 amide bonds. The summed E-state index contributed by atoms with van der Waals surface area (Å²) in [4.78, 5) is 28.6. The van der Waals surface area contributed by atoms with E-state index in [0.717, 1.165) is 12.8 Å². The maximum atomic E-state index is 13.3. The van der Waals surface area contributed by atoms with Gasteiger partial charge in [0.05, 0.1) is 28.1 Å². The highest BCUT2D eigenvalue weighted by atomic mass is 32.2. The second kappa shape index (κ2) is 9.76. The van der Waals surface area contributed by atoms with E-state index in [0.29, 0.717) is 42.1 Å². The molecule has 34 heavy (non-hydrogen) atoms. The fourth-order valence-electron chi connectivity index (χ4n) is 4.70. The molecule has 2 aliphatic rings. The summed E-state index contributed by atoms with van der Waals surface area (Å²) in [6, 6.07) is 11.6. The third kappa shape index (κ3) is 4.81. The molecule has 9 heteroatoms. The van der Waals surface area contributed by atoms with Crippen molar-refractivity contribution in [1.82, 2.24) is 0 Å². The van der Waals surface area contributed by atoms with Crippen LogP contribution in [0.1, 0.15) is 33.1 Å². The van der Waals surface area contributed by atoms with Crippen molar-refractivity contribution in [3.63, 3.8) is 0 Å². The zero-order chi connectivity index (χ0) is 24.5. The van der Waals surface area contributed by atoms with Gasteiger partial charge in [0.25, 0.3) is 0 Å². The highest BCUT2D eigenvalue weighted by Gasteiger charge is 2.36. The van der Waals surface area contributed by atoms with E-state index in [9.17, 15) is 23.1 Å². The minimum Gasteiger partial charge on any atom is -0.465 e. The molecule has 1 saturated heterocycles. The first-order chi connectivity index (χ1) is 16.2. The van der Waals surface area contributed by atoms with Crippen LogP contribution in [-0.4, -0.2) is 57.1 Å². The standard InChI is InChI=1S/C25H30N2O6S/c1-3-34(31,32)21-6-4-5-19(14-21)20-7-8-22-23(15-20)26(25(29)30)16-17(2)27(22)24(28)13-18-9-11-33-12-10-18/h4-8,14-15,17-18H,3,9-13,16H2,1-2H3,(H,29,30)/t17-/m0/s1. The number of anilines is 2. The molecule has 2 aliphatic heterocycles. The molecule has 0 saturated carbocycles. The third-order valence-electron chi connectivity index (χ3n) is 6.62. The summed E-state index contributed by atoms with van der Waals surface area (Å²) in [5.74, 6) is 0.238. The predicted molar refractivity (Wildman–Crippen MR) is 130 cm³/mol. The van der Waals surface area contributed by atoms with Crippen LogP contribution in [0.2, 0.25) is 0 Å². The fourth-order valence-corrected chi connectivity index (χ4v) is 5.62. The summed E-state index contributed by atoms with van der Waals surface area (Å²) in [5, 5.41) is 9.86. The normalized spacial score (nSPS) is 19.1. The highest BCUT2D eigenvalue weighted by molar-refractivity contribution is 7.91. The van der Waals surface area contributed by atoms with Gasteiger partial charge >= 0.3 is 6.09 Å². The number of ether oxygens (including phenoxy) is 1. The van der Waals surface area contributed by atoms with Gasteiger partial charge < -0.3 is 14.7 Å². The van der Waals surface area contributed by atoms with Crippen molar-refractivity contribution in [2.75, 3.05) is 35.3 Å². The minimum atomic E-state index is -3.38. The molecule has 0 bridgehead atoms. The van der Waals surface area contributed by atoms with Crippen LogP contribution in [0, 0.1) is 5.92 Å². The van der Waals surface area contributed by atoms with Crippen LogP contribution in [0.15, 0.2) is 47.4 Å². The van der Waals surface area contributed by atoms with Crippen LogP contribution in [0.4, 0.5) is 16.2 Å². The summed E-state index contributed by atoms with van der Waals surface area (Å²) in [5.41, 5.74) is 2.33. The van der Waals surface area contributed by atoms with Gasteiger partial charge in [0.1, 0.15) is 0 Å². The zero-order valence-corrected chi connectivity index (χ0v) is 20.3. The molecule has 182 valence electrons. The highest BCUT2D eigenvalue weighted by Crippen LogP contribution is 2.40. The molecule has 0 aromatic heterocycles. The number of hydrogen-bond donors (Lipinski definition) is 1. The van der Waals surface area contributed by atoms with E-state index in [-0.39, 0.29) is 35.1 Å². The van der Waals surface area contributed by atoms with Crippen molar-refractivity contribution in [3.05, 3.63) is 42.5 Å². The summed E-state index contributed by atoms with van der Waals surface area (Å²) in [6.45, 7) is 4.93. The number of nitrogens with zero attached hydrogens (tertiary/aromatic N) is 2. The lowest BCUT2D eigenvalue weighted by Crippen LogP contribution is -2.52. The molecule has 2 aromatic carbocycles.